The van der Waals surface area contributed by atoms with Crippen LogP contribution in [0.1, 0.15) is 10.6 Å². The molecule has 3 heterocycles. The lowest BCUT2D eigenvalue weighted by atomic mass is 10.3. The van der Waals surface area contributed by atoms with Gasteiger partial charge in [-0.3, -0.25) is 4.79 Å². The van der Waals surface area contributed by atoms with Crippen LogP contribution in [0.3, 0.4) is 0 Å². The van der Waals surface area contributed by atoms with E-state index in [2.05, 4.69) is 26.8 Å². The zero-order valence-corrected chi connectivity index (χ0v) is 11.9. The van der Waals surface area contributed by atoms with Gasteiger partial charge >= 0.3 is 0 Å². The standard InChI is InChI=1S/C12H12N4OS2/c1-8-7-10(17)16-12(14-8)19-11(15-16)13-5-4-9-3-2-6-18-9/h2-3,6-7H,4-5H2,1H3,(H,13,15). The Labute approximate surface area is 117 Å². The minimum Gasteiger partial charge on any atom is -0.360 e. The molecule has 0 aliphatic rings. The van der Waals surface area contributed by atoms with Crippen LogP contribution in [0.5, 0.6) is 0 Å². The Hall–Kier alpha value is -1.73. The molecule has 0 aromatic carbocycles. The van der Waals surface area contributed by atoms with Crippen LogP contribution >= 0.6 is 22.7 Å². The van der Waals surface area contributed by atoms with E-state index in [4.69, 9.17) is 0 Å². The number of fused-ring (bicyclic) bond motifs is 1. The summed E-state index contributed by atoms with van der Waals surface area (Å²) in [5.41, 5.74) is 0.587. The van der Waals surface area contributed by atoms with Crippen molar-refractivity contribution in [3.8, 4) is 0 Å². The van der Waals surface area contributed by atoms with Crippen molar-refractivity contribution in [1.82, 2.24) is 14.6 Å². The first-order chi connectivity index (χ1) is 9.22. The maximum Gasteiger partial charge on any atom is 0.275 e. The maximum absolute atomic E-state index is 11.7. The molecule has 0 fully saturated rings. The zero-order chi connectivity index (χ0) is 13.2. The van der Waals surface area contributed by atoms with Crippen LogP contribution in [-0.2, 0) is 6.42 Å². The van der Waals surface area contributed by atoms with Gasteiger partial charge in [0.15, 0.2) is 0 Å². The summed E-state index contributed by atoms with van der Waals surface area (Å²) in [5.74, 6) is 0. The molecule has 0 spiro atoms. The molecule has 19 heavy (non-hydrogen) atoms. The van der Waals surface area contributed by atoms with E-state index in [1.54, 1.807) is 11.3 Å². The van der Waals surface area contributed by atoms with Crippen molar-refractivity contribution in [3.05, 3.63) is 44.5 Å². The van der Waals surface area contributed by atoms with Crippen LogP contribution in [0, 0.1) is 6.92 Å². The topological polar surface area (TPSA) is 59.3 Å². The summed E-state index contributed by atoms with van der Waals surface area (Å²) in [4.78, 5) is 18.0. The highest BCUT2D eigenvalue weighted by atomic mass is 32.1. The monoisotopic (exact) mass is 292 g/mol. The maximum atomic E-state index is 11.7. The molecule has 0 saturated heterocycles. The fourth-order valence-corrected chi connectivity index (χ4v) is 3.32. The first-order valence-corrected chi connectivity index (χ1v) is 7.56. The van der Waals surface area contributed by atoms with Crippen LogP contribution in [0.25, 0.3) is 4.96 Å². The predicted molar refractivity (Wildman–Crippen MR) is 78.4 cm³/mol. The van der Waals surface area contributed by atoms with E-state index in [9.17, 15) is 4.79 Å². The van der Waals surface area contributed by atoms with Crippen molar-refractivity contribution in [2.45, 2.75) is 13.3 Å². The highest BCUT2D eigenvalue weighted by Crippen LogP contribution is 2.17. The van der Waals surface area contributed by atoms with Gasteiger partial charge in [-0.2, -0.15) is 4.52 Å². The minimum atomic E-state index is -0.134. The molecule has 98 valence electrons. The van der Waals surface area contributed by atoms with Gasteiger partial charge in [-0.15, -0.1) is 16.4 Å². The molecule has 3 aromatic heterocycles. The number of rotatable bonds is 4. The number of nitrogens with zero attached hydrogens (tertiary/aromatic N) is 3. The molecule has 0 atom stereocenters. The molecule has 1 N–H and O–H groups in total. The van der Waals surface area contributed by atoms with E-state index >= 15 is 0 Å². The molecular weight excluding hydrogens is 280 g/mol. The van der Waals surface area contributed by atoms with Crippen LogP contribution in [-0.4, -0.2) is 21.1 Å². The summed E-state index contributed by atoms with van der Waals surface area (Å²) in [6.45, 7) is 2.61. The van der Waals surface area contributed by atoms with Gasteiger partial charge in [-0.1, -0.05) is 17.4 Å². The number of anilines is 1. The van der Waals surface area contributed by atoms with E-state index in [0.29, 0.717) is 4.96 Å². The lowest BCUT2D eigenvalue weighted by molar-refractivity contribution is 0.885. The minimum absolute atomic E-state index is 0.134. The molecule has 7 heteroatoms. The van der Waals surface area contributed by atoms with E-state index in [1.165, 1.54) is 26.8 Å². The fraction of sp³-hybridized carbons (Fsp3) is 0.250. The molecule has 0 unspecified atom stereocenters. The molecule has 0 radical (unpaired) electrons. The molecule has 5 nitrogen and oxygen atoms in total. The van der Waals surface area contributed by atoms with Gasteiger partial charge in [0.1, 0.15) is 0 Å². The summed E-state index contributed by atoms with van der Waals surface area (Å²) < 4.78 is 1.34. The number of nitrogens with one attached hydrogen (secondary N) is 1. The van der Waals surface area contributed by atoms with Crippen LogP contribution in [0.15, 0.2) is 28.4 Å². The molecule has 3 aromatic rings. The van der Waals surface area contributed by atoms with Gasteiger partial charge in [-0.05, 0) is 24.8 Å². The second-order valence-electron chi connectivity index (χ2n) is 4.09. The van der Waals surface area contributed by atoms with Crippen molar-refractivity contribution in [3.63, 3.8) is 0 Å². The SMILES string of the molecule is Cc1cc(=O)n2nc(NCCc3cccs3)sc2n1. The normalized spacial score (nSPS) is 11.0. The fourth-order valence-electron chi connectivity index (χ4n) is 1.74. The predicted octanol–water partition coefficient (Wildman–Crippen LogP) is 2.18. The highest BCUT2D eigenvalue weighted by molar-refractivity contribution is 7.20. The Kier molecular flexibility index (Phi) is 3.31. The quantitative estimate of drug-likeness (QED) is 0.800. The molecule has 0 bridgehead atoms. The zero-order valence-electron chi connectivity index (χ0n) is 10.3. The van der Waals surface area contributed by atoms with Gasteiger partial charge < -0.3 is 5.32 Å². The summed E-state index contributed by atoms with van der Waals surface area (Å²) in [7, 11) is 0. The molecule has 0 aliphatic heterocycles. The summed E-state index contributed by atoms with van der Waals surface area (Å²) in [5, 5.41) is 10.3. The van der Waals surface area contributed by atoms with Gasteiger partial charge in [0.2, 0.25) is 10.1 Å². The third kappa shape index (κ3) is 2.66. The van der Waals surface area contributed by atoms with Crippen LogP contribution < -0.4 is 10.9 Å². The van der Waals surface area contributed by atoms with Crippen molar-refractivity contribution in [2.24, 2.45) is 0 Å². The van der Waals surface area contributed by atoms with Gasteiger partial charge in [-0.25, -0.2) is 4.98 Å². The van der Waals surface area contributed by atoms with Crippen molar-refractivity contribution >= 4 is 32.8 Å². The van der Waals surface area contributed by atoms with Crippen molar-refractivity contribution in [1.29, 1.82) is 0 Å². The number of hydrogen-bond donors (Lipinski definition) is 1. The first-order valence-electron chi connectivity index (χ1n) is 5.86. The van der Waals surface area contributed by atoms with Gasteiger partial charge in [0, 0.05) is 23.2 Å². The summed E-state index contributed by atoms with van der Waals surface area (Å²) in [6, 6.07) is 5.65. The third-order valence-electron chi connectivity index (χ3n) is 2.60. The number of aryl methyl sites for hydroxylation is 1. The van der Waals surface area contributed by atoms with E-state index in [-0.39, 0.29) is 5.56 Å². The largest absolute Gasteiger partial charge is 0.360 e. The average molecular weight is 292 g/mol. The summed E-state index contributed by atoms with van der Waals surface area (Å²) in [6.07, 6.45) is 0.953. The van der Waals surface area contributed by atoms with Crippen molar-refractivity contribution in [2.75, 3.05) is 11.9 Å². The Morgan fingerprint density at radius 2 is 2.37 bits per heavy atom. The van der Waals surface area contributed by atoms with Crippen molar-refractivity contribution < 1.29 is 0 Å². The summed E-state index contributed by atoms with van der Waals surface area (Å²) >= 11 is 3.14. The van der Waals surface area contributed by atoms with E-state index in [1.807, 2.05) is 13.0 Å². The Morgan fingerprint density at radius 3 is 3.16 bits per heavy atom. The van der Waals surface area contributed by atoms with E-state index in [0.717, 1.165) is 23.8 Å². The van der Waals surface area contributed by atoms with Crippen LogP contribution in [0.2, 0.25) is 0 Å². The number of thiophene rings is 1. The van der Waals surface area contributed by atoms with Gasteiger partial charge in [0.25, 0.3) is 5.56 Å². The smallest absolute Gasteiger partial charge is 0.275 e. The molecule has 0 aliphatic carbocycles. The average Bonchev–Trinajstić information content (AvgIpc) is 2.98. The Morgan fingerprint density at radius 1 is 1.47 bits per heavy atom. The lowest BCUT2D eigenvalue weighted by Crippen LogP contribution is -2.14. The first kappa shape index (κ1) is 12.3. The molecule has 0 saturated carbocycles. The lowest BCUT2D eigenvalue weighted by Gasteiger charge is -1.98. The van der Waals surface area contributed by atoms with E-state index < -0.39 is 0 Å². The second kappa shape index (κ2) is 5.10. The highest BCUT2D eigenvalue weighted by Gasteiger charge is 2.06. The Balaban J connectivity index is 1.75. The van der Waals surface area contributed by atoms with Crippen LogP contribution in [0.4, 0.5) is 5.13 Å². The molecule has 0 amide bonds. The number of hydrogen-bond acceptors (Lipinski definition) is 6. The second-order valence-corrected chi connectivity index (χ2v) is 6.08. The molecular formula is C12H12N4OS2. The Bertz CT molecular complexity index is 745. The third-order valence-corrected chi connectivity index (χ3v) is 4.40. The molecule has 3 rings (SSSR count). The van der Waals surface area contributed by atoms with Gasteiger partial charge in [0.05, 0.1) is 0 Å². The number of aromatic nitrogens is 3.